The molecule has 7 rings (SSSR count). The lowest BCUT2D eigenvalue weighted by molar-refractivity contribution is -0.137. The molecule has 248 valence electrons. The minimum atomic E-state index is -5.10. The van der Waals surface area contributed by atoms with Crippen LogP contribution in [0.5, 0.6) is 6.01 Å². The van der Waals surface area contributed by atoms with E-state index < -0.39 is 58.3 Å². The SMILES string of the molecule is C[C@H]1[C@H](O)CCCN1c1nc(OC[C@@]23CCCN2C[C@H](F)C3)nc2c(F)c(-c3ccc(F)c4sc(N)c(C#N)c34)c(C(F)(F)F)cc12. The van der Waals surface area contributed by atoms with E-state index in [1.54, 1.807) is 11.8 Å². The van der Waals surface area contributed by atoms with Crippen LogP contribution in [0.25, 0.3) is 32.1 Å². The minimum absolute atomic E-state index is 0.00997. The Morgan fingerprint density at radius 2 is 2.00 bits per heavy atom. The first kappa shape index (κ1) is 31.7. The molecule has 2 aromatic heterocycles. The number of aliphatic hydroxyl groups excluding tert-OH is 1. The average Bonchev–Trinajstić information content (AvgIpc) is 3.66. The summed E-state index contributed by atoms with van der Waals surface area (Å²) in [6.45, 7) is 2.96. The summed E-state index contributed by atoms with van der Waals surface area (Å²) >= 11 is 0.681. The second kappa shape index (κ2) is 11.4. The summed E-state index contributed by atoms with van der Waals surface area (Å²) in [5, 5.41) is 19.8. The Labute approximate surface area is 269 Å². The third-order valence-electron chi connectivity index (χ3n) is 9.85. The second-order valence-electron chi connectivity index (χ2n) is 12.6. The number of aliphatic hydroxyl groups is 1. The van der Waals surface area contributed by atoms with E-state index in [0.29, 0.717) is 43.7 Å². The molecular formula is C32H30F6N6O2S. The number of piperidine rings is 1. The Bertz CT molecular complexity index is 1950. The van der Waals surface area contributed by atoms with E-state index in [1.807, 2.05) is 11.0 Å². The lowest BCUT2D eigenvalue weighted by Crippen LogP contribution is -2.47. The van der Waals surface area contributed by atoms with Crippen molar-refractivity contribution in [3.8, 4) is 23.2 Å². The number of thiophene rings is 1. The van der Waals surface area contributed by atoms with Crippen molar-refractivity contribution in [2.24, 2.45) is 0 Å². The Morgan fingerprint density at radius 3 is 2.74 bits per heavy atom. The molecule has 3 N–H and O–H groups in total. The van der Waals surface area contributed by atoms with Crippen molar-refractivity contribution in [3.05, 3.63) is 41.0 Å². The number of benzene rings is 2. The van der Waals surface area contributed by atoms with Gasteiger partial charge in [-0.05, 0) is 56.8 Å². The molecule has 3 saturated heterocycles. The molecule has 0 saturated carbocycles. The third kappa shape index (κ3) is 5.12. The van der Waals surface area contributed by atoms with Gasteiger partial charge in [-0.25, -0.2) is 13.2 Å². The molecule has 3 aliphatic rings. The van der Waals surface area contributed by atoms with Crippen LogP contribution in [0.2, 0.25) is 0 Å². The number of halogens is 6. The maximum atomic E-state index is 16.9. The Morgan fingerprint density at radius 1 is 1.21 bits per heavy atom. The quantitative estimate of drug-likeness (QED) is 0.229. The smallest absolute Gasteiger partial charge is 0.417 e. The van der Waals surface area contributed by atoms with Crippen LogP contribution < -0.4 is 15.4 Å². The molecule has 0 bridgehead atoms. The first-order chi connectivity index (χ1) is 22.3. The van der Waals surface area contributed by atoms with Gasteiger partial charge in [0, 0.05) is 35.8 Å². The number of anilines is 2. The largest absolute Gasteiger partial charge is 0.461 e. The van der Waals surface area contributed by atoms with Gasteiger partial charge in [0.25, 0.3) is 0 Å². The fraction of sp³-hybridized carbons (Fsp3) is 0.469. The molecule has 3 aliphatic heterocycles. The van der Waals surface area contributed by atoms with Crippen LogP contribution in [-0.4, -0.2) is 70.1 Å². The highest BCUT2D eigenvalue weighted by atomic mass is 32.1. The zero-order chi connectivity index (χ0) is 33.4. The topological polar surface area (TPSA) is 112 Å². The highest BCUT2D eigenvalue weighted by molar-refractivity contribution is 7.23. The summed E-state index contributed by atoms with van der Waals surface area (Å²) in [7, 11) is 0. The Balaban J connectivity index is 1.47. The Hall–Kier alpha value is -3.87. The fourth-order valence-corrected chi connectivity index (χ4v) is 8.49. The van der Waals surface area contributed by atoms with Crippen molar-refractivity contribution in [2.45, 2.75) is 69.1 Å². The highest BCUT2D eigenvalue weighted by Gasteiger charge is 2.49. The van der Waals surface area contributed by atoms with E-state index in [-0.39, 0.29) is 63.0 Å². The summed E-state index contributed by atoms with van der Waals surface area (Å²) in [5.74, 6) is -2.25. The third-order valence-corrected chi connectivity index (χ3v) is 10.9. The molecule has 0 amide bonds. The normalized spacial score (nSPS) is 25.1. The lowest BCUT2D eigenvalue weighted by Gasteiger charge is -2.38. The fourth-order valence-electron chi connectivity index (χ4n) is 7.54. The second-order valence-corrected chi connectivity index (χ2v) is 13.6. The number of nitrogens with zero attached hydrogens (tertiary/aromatic N) is 5. The van der Waals surface area contributed by atoms with E-state index >= 15 is 4.39 Å². The molecular weight excluding hydrogens is 646 g/mol. The first-order valence-corrected chi connectivity index (χ1v) is 16.1. The van der Waals surface area contributed by atoms with Gasteiger partial charge in [-0.2, -0.15) is 28.4 Å². The van der Waals surface area contributed by atoms with Gasteiger partial charge >= 0.3 is 12.2 Å². The number of aromatic nitrogens is 2. The average molecular weight is 677 g/mol. The molecule has 0 spiro atoms. The predicted octanol–water partition coefficient (Wildman–Crippen LogP) is 6.57. The van der Waals surface area contributed by atoms with E-state index in [9.17, 15) is 32.3 Å². The summed E-state index contributed by atoms with van der Waals surface area (Å²) in [4.78, 5) is 12.4. The molecule has 4 atom stereocenters. The standard InChI is InChI=1S/C32H30F6N6O2S/c1-15-22(45)4-2-9-44(15)29-18-10-20(32(36,37)38)24(17-5-6-21(34)27-23(17)19(12-39)28(40)47-27)25(35)26(18)41-30(42-29)46-14-31-7-3-8-43(31)13-16(33)11-31/h5-6,10,15-16,22,45H,2-4,7-9,11,13-14,40H2,1H3/t15-,16+,22+,31-/m0/s1. The van der Waals surface area contributed by atoms with E-state index in [1.165, 1.54) is 0 Å². The number of rotatable bonds is 5. The minimum Gasteiger partial charge on any atom is -0.461 e. The van der Waals surface area contributed by atoms with Crippen LogP contribution in [0.3, 0.4) is 0 Å². The Kier molecular flexibility index (Phi) is 7.68. The van der Waals surface area contributed by atoms with Crippen LogP contribution in [-0.2, 0) is 6.18 Å². The number of ether oxygens (including phenoxy) is 1. The van der Waals surface area contributed by atoms with Gasteiger partial charge in [0.2, 0.25) is 0 Å². The number of nitrogen functional groups attached to an aromatic ring is 1. The summed E-state index contributed by atoms with van der Waals surface area (Å²) in [6.07, 6.45) is -4.26. The highest BCUT2D eigenvalue weighted by Crippen LogP contribution is 2.48. The van der Waals surface area contributed by atoms with Crippen molar-refractivity contribution >= 4 is 43.1 Å². The van der Waals surface area contributed by atoms with Gasteiger partial charge in [-0.15, -0.1) is 11.3 Å². The van der Waals surface area contributed by atoms with Gasteiger partial charge < -0.3 is 20.5 Å². The number of nitriles is 1. The van der Waals surface area contributed by atoms with E-state index in [4.69, 9.17) is 10.5 Å². The number of hydrogen-bond donors (Lipinski definition) is 2. The van der Waals surface area contributed by atoms with Gasteiger partial charge in [0.1, 0.15) is 41.0 Å². The van der Waals surface area contributed by atoms with Crippen LogP contribution in [0.1, 0.15) is 50.2 Å². The van der Waals surface area contributed by atoms with Crippen LogP contribution in [0, 0.1) is 23.0 Å². The predicted molar refractivity (Wildman–Crippen MR) is 165 cm³/mol. The molecule has 5 heterocycles. The van der Waals surface area contributed by atoms with Crippen LogP contribution >= 0.6 is 11.3 Å². The van der Waals surface area contributed by atoms with Gasteiger partial charge in [-0.3, -0.25) is 4.90 Å². The molecule has 0 radical (unpaired) electrons. The van der Waals surface area contributed by atoms with E-state index in [2.05, 4.69) is 9.97 Å². The van der Waals surface area contributed by atoms with Crippen molar-refractivity contribution in [1.82, 2.24) is 14.9 Å². The van der Waals surface area contributed by atoms with Crippen LogP contribution in [0.4, 0.5) is 37.2 Å². The van der Waals surface area contributed by atoms with Crippen molar-refractivity contribution in [3.63, 3.8) is 0 Å². The van der Waals surface area contributed by atoms with Gasteiger partial charge in [-0.1, -0.05) is 6.07 Å². The molecule has 0 aliphatic carbocycles. The number of hydrogen-bond acceptors (Lipinski definition) is 9. The first-order valence-electron chi connectivity index (χ1n) is 15.3. The molecule has 0 unspecified atom stereocenters. The monoisotopic (exact) mass is 676 g/mol. The van der Waals surface area contributed by atoms with Gasteiger partial charge in [0.15, 0.2) is 5.82 Å². The number of fused-ring (bicyclic) bond motifs is 3. The molecule has 8 nitrogen and oxygen atoms in total. The van der Waals surface area contributed by atoms with Crippen molar-refractivity contribution < 1.29 is 36.2 Å². The summed E-state index contributed by atoms with van der Waals surface area (Å²) in [6, 6.07) is 3.57. The molecule has 47 heavy (non-hydrogen) atoms. The van der Waals surface area contributed by atoms with Gasteiger partial charge in [0.05, 0.1) is 33.5 Å². The maximum absolute atomic E-state index is 16.9. The van der Waals surface area contributed by atoms with Crippen molar-refractivity contribution in [1.29, 1.82) is 5.26 Å². The summed E-state index contributed by atoms with van der Waals surface area (Å²) in [5.41, 5.74) is 1.89. The summed E-state index contributed by atoms with van der Waals surface area (Å²) < 4.78 is 96.7. The van der Waals surface area contributed by atoms with E-state index in [0.717, 1.165) is 24.6 Å². The molecule has 4 aromatic rings. The zero-order valence-corrected chi connectivity index (χ0v) is 26.0. The number of nitrogens with two attached hydrogens (primary N) is 1. The maximum Gasteiger partial charge on any atom is 0.417 e. The lowest BCUT2D eigenvalue weighted by atomic mass is 9.92. The molecule has 3 fully saturated rings. The number of alkyl halides is 4. The van der Waals surface area contributed by atoms with Crippen LogP contribution in [0.15, 0.2) is 18.2 Å². The molecule has 2 aromatic carbocycles. The van der Waals surface area contributed by atoms with Crippen molar-refractivity contribution in [2.75, 3.05) is 36.9 Å². The molecule has 15 heteroatoms. The zero-order valence-electron chi connectivity index (χ0n) is 25.2.